The minimum Gasteiger partial charge on any atom is -0.481 e. The summed E-state index contributed by atoms with van der Waals surface area (Å²) in [6.45, 7) is 1.85. The molecular weight excluding hydrogens is 326 g/mol. The molecule has 2 aromatic carbocycles. The first-order chi connectivity index (χ1) is 11.5. The first kappa shape index (κ1) is 16.2. The number of carboxylic acid groups (broad SMARTS) is 1. The van der Waals surface area contributed by atoms with Gasteiger partial charge in [0.1, 0.15) is 5.25 Å². The molecule has 0 radical (unpaired) electrons. The zero-order valence-electron chi connectivity index (χ0n) is 12.9. The number of thioether (sulfide) groups is 1. The van der Waals surface area contributed by atoms with E-state index in [1.54, 1.807) is 0 Å². The molecule has 2 aromatic rings. The van der Waals surface area contributed by atoms with E-state index >= 15 is 0 Å². The van der Waals surface area contributed by atoms with E-state index < -0.39 is 11.2 Å². The Morgan fingerprint density at radius 1 is 1.25 bits per heavy atom. The van der Waals surface area contributed by atoms with Crippen LogP contribution < -0.4 is 5.32 Å². The quantitative estimate of drug-likeness (QED) is 0.660. The highest BCUT2D eigenvalue weighted by Gasteiger charge is 2.32. The second kappa shape index (κ2) is 6.84. The Hall–Kier alpha value is -2.67. The molecular formula is C17H15N3O3S. The summed E-state index contributed by atoms with van der Waals surface area (Å²) >= 11 is 1.09. The molecule has 0 saturated carbocycles. The summed E-state index contributed by atoms with van der Waals surface area (Å²) in [5, 5.41) is 21.5. The average molecular weight is 341 g/mol. The van der Waals surface area contributed by atoms with Gasteiger partial charge in [-0.3, -0.25) is 9.59 Å². The van der Waals surface area contributed by atoms with Crippen LogP contribution in [0.3, 0.4) is 0 Å². The third kappa shape index (κ3) is 3.46. The third-order valence-electron chi connectivity index (χ3n) is 3.61. The van der Waals surface area contributed by atoms with Gasteiger partial charge in [-0.25, -0.2) is 0 Å². The molecule has 7 heteroatoms. The van der Waals surface area contributed by atoms with Gasteiger partial charge in [-0.1, -0.05) is 54.2 Å². The van der Waals surface area contributed by atoms with Crippen LogP contribution in [0.15, 0.2) is 52.7 Å². The molecule has 122 valence electrons. The van der Waals surface area contributed by atoms with Crippen molar-refractivity contribution in [1.82, 2.24) is 5.32 Å². The zero-order valence-corrected chi connectivity index (χ0v) is 13.7. The number of rotatable bonds is 4. The molecule has 1 saturated heterocycles. The van der Waals surface area contributed by atoms with E-state index in [2.05, 4.69) is 15.5 Å². The van der Waals surface area contributed by atoms with Crippen LogP contribution in [-0.4, -0.2) is 33.1 Å². The van der Waals surface area contributed by atoms with Crippen LogP contribution in [0.25, 0.3) is 10.8 Å². The number of carbonyl (C=O) groups excluding carboxylic acids is 1. The maximum Gasteiger partial charge on any atom is 0.305 e. The van der Waals surface area contributed by atoms with Gasteiger partial charge in [0.05, 0.1) is 12.1 Å². The number of hydrogen-bond acceptors (Lipinski definition) is 5. The monoisotopic (exact) mass is 341 g/mol. The molecule has 1 atom stereocenters. The van der Waals surface area contributed by atoms with Gasteiger partial charge in [-0.05, 0) is 17.7 Å². The van der Waals surface area contributed by atoms with Crippen LogP contribution in [0.2, 0.25) is 0 Å². The minimum atomic E-state index is -1.01. The molecule has 0 bridgehead atoms. The molecule has 2 N–H and O–H groups in total. The summed E-state index contributed by atoms with van der Waals surface area (Å²) in [5.41, 5.74) is 1.68. The van der Waals surface area contributed by atoms with Crippen molar-refractivity contribution in [2.45, 2.75) is 18.6 Å². The molecule has 0 spiro atoms. The van der Waals surface area contributed by atoms with E-state index in [4.69, 9.17) is 5.11 Å². The molecule has 1 fully saturated rings. The average Bonchev–Trinajstić information content (AvgIpc) is 2.91. The van der Waals surface area contributed by atoms with Crippen molar-refractivity contribution in [2.75, 3.05) is 0 Å². The van der Waals surface area contributed by atoms with Gasteiger partial charge < -0.3 is 10.4 Å². The Balaban J connectivity index is 1.84. The van der Waals surface area contributed by atoms with Crippen molar-refractivity contribution in [1.29, 1.82) is 0 Å². The van der Waals surface area contributed by atoms with Gasteiger partial charge in [0, 0.05) is 5.56 Å². The van der Waals surface area contributed by atoms with Gasteiger partial charge in [0.2, 0.25) is 5.91 Å². The molecule has 1 amide bonds. The molecule has 0 aliphatic carbocycles. The van der Waals surface area contributed by atoms with Crippen molar-refractivity contribution in [2.24, 2.45) is 10.2 Å². The maximum atomic E-state index is 11.7. The van der Waals surface area contributed by atoms with Crippen molar-refractivity contribution < 1.29 is 14.7 Å². The zero-order chi connectivity index (χ0) is 17.1. The normalized spacial score (nSPS) is 19.7. The highest BCUT2D eigenvalue weighted by atomic mass is 32.2. The second-order valence-corrected chi connectivity index (χ2v) is 6.50. The van der Waals surface area contributed by atoms with Gasteiger partial charge in [0.25, 0.3) is 0 Å². The third-order valence-corrected chi connectivity index (χ3v) is 4.68. The fraction of sp³-hybridized carbons (Fsp3) is 0.176. The largest absolute Gasteiger partial charge is 0.481 e. The summed E-state index contributed by atoms with van der Waals surface area (Å²) in [6, 6.07) is 13.9. The topological polar surface area (TPSA) is 91.1 Å². The predicted octanol–water partition coefficient (Wildman–Crippen LogP) is 2.63. The van der Waals surface area contributed by atoms with Crippen LogP contribution >= 0.6 is 11.8 Å². The molecule has 1 unspecified atom stereocenters. The van der Waals surface area contributed by atoms with E-state index in [0.717, 1.165) is 33.8 Å². The summed E-state index contributed by atoms with van der Waals surface area (Å²) in [4.78, 5) is 22.4. The Morgan fingerprint density at radius 2 is 2.00 bits per heavy atom. The van der Waals surface area contributed by atoms with E-state index in [9.17, 15) is 9.59 Å². The number of carboxylic acids is 1. The number of benzene rings is 2. The molecule has 1 heterocycles. The highest BCUT2D eigenvalue weighted by molar-refractivity contribution is 8.15. The van der Waals surface area contributed by atoms with Crippen LogP contribution in [0, 0.1) is 0 Å². The Morgan fingerprint density at radius 3 is 2.79 bits per heavy atom. The molecule has 24 heavy (non-hydrogen) atoms. The predicted molar refractivity (Wildman–Crippen MR) is 95.4 cm³/mol. The lowest BCUT2D eigenvalue weighted by atomic mass is 10.0. The summed E-state index contributed by atoms with van der Waals surface area (Å²) in [7, 11) is 0. The van der Waals surface area contributed by atoms with Gasteiger partial charge >= 0.3 is 5.97 Å². The number of carbonyl (C=O) groups is 2. The summed E-state index contributed by atoms with van der Waals surface area (Å²) < 4.78 is 0. The fourth-order valence-electron chi connectivity index (χ4n) is 2.46. The number of hydrogen-bond donors (Lipinski definition) is 2. The number of fused-ring (bicyclic) bond motifs is 1. The van der Waals surface area contributed by atoms with Gasteiger partial charge in [0.15, 0.2) is 5.17 Å². The number of amides is 1. The Labute approximate surface area is 142 Å². The van der Waals surface area contributed by atoms with Crippen LogP contribution in [0.4, 0.5) is 0 Å². The minimum absolute atomic E-state index is 0.235. The first-order valence-corrected chi connectivity index (χ1v) is 8.22. The molecule has 1 aliphatic rings. The highest BCUT2D eigenvalue weighted by Crippen LogP contribution is 2.23. The van der Waals surface area contributed by atoms with E-state index in [0.29, 0.717) is 5.17 Å². The van der Waals surface area contributed by atoms with E-state index in [1.165, 1.54) is 0 Å². The molecule has 6 nitrogen and oxygen atoms in total. The van der Waals surface area contributed by atoms with E-state index in [-0.39, 0.29) is 12.3 Å². The fourth-order valence-corrected chi connectivity index (χ4v) is 3.37. The van der Waals surface area contributed by atoms with Gasteiger partial charge in [-0.15, -0.1) is 5.10 Å². The Kier molecular flexibility index (Phi) is 4.61. The van der Waals surface area contributed by atoms with E-state index in [1.807, 2.05) is 49.4 Å². The van der Waals surface area contributed by atoms with Crippen molar-refractivity contribution in [3.05, 3.63) is 48.0 Å². The van der Waals surface area contributed by atoms with Crippen molar-refractivity contribution in [3.8, 4) is 0 Å². The molecule has 3 rings (SSSR count). The Bertz CT molecular complexity index is 871. The van der Waals surface area contributed by atoms with Gasteiger partial charge in [-0.2, -0.15) is 5.10 Å². The maximum absolute atomic E-state index is 11.7. The lowest BCUT2D eigenvalue weighted by molar-refractivity contribution is -0.138. The number of nitrogens with one attached hydrogen (secondary N) is 1. The lowest BCUT2D eigenvalue weighted by Crippen LogP contribution is -2.26. The summed E-state index contributed by atoms with van der Waals surface area (Å²) in [6.07, 6.45) is -0.235. The van der Waals surface area contributed by atoms with Crippen LogP contribution in [0.5, 0.6) is 0 Å². The number of amidine groups is 1. The smallest absolute Gasteiger partial charge is 0.305 e. The van der Waals surface area contributed by atoms with Crippen LogP contribution in [0.1, 0.15) is 18.9 Å². The van der Waals surface area contributed by atoms with Crippen molar-refractivity contribution >= 4 is 45.3 Å². The molecule has 0 aromatic heterocycles. The summed E-state index contributed by atoms with van der Waals surface area (Å²) in [5.74, 6) is -1.36. The standard InChI is InChI=1S/C17H15N3O3S/c1-10(12-8-4-6-11-5-2-3-7-13(11)12)19-20-17-18-16(23)14(24-17)9-15(21)22/h2-8,14H,9H2,1H3,(H,21,22)(H,18,20,23)/b19-10-. The second-order valence-electron chi connectivity index (χ2n) is 5.31. The number of nitrogens with zero attached hydrogens (tertiary/aromatic N) is 2. The SMILES string of the molecule is C/C(=N/N=C1\NC(=O)C(CC(=O)O)S1)c1cccc2ccccc12. The first-order valence-electron chi connectivity index (χ1n) is 7.34. The lowest BCUT2D eigenvalue weighted by Gasteiger charge is -2.04. The van der Waals surface area contributed by atoms with Crippen LogP contribution in [-0.2, 0) is 9.59 Å². The number of aliphatic carboxylic acids is 1. The molecule has 1 aliphatic heterocycles. The van der Waals surface area contributed by atoms with Crippen molar-refractivity contribution in [3.63, 3.8) is 0 Å².